The van der Waals surface area contributed by atoms with Crippen LogP contribution in [0, 0.1) is 5.41 Å². The molecule has 0 aromatic rings. The van der Waals surface area contributed by atoms with Crippen molar-refractivity contribution in [2.45, 2.75) is 38.6 Å². The zero-order valence-electron chi connectivity index (χ0n) is 10.4. The molecule has 0 radical (unpaired) electrons. The maximum atomic E-state index is 11.7. The maximum Gasteiger partial charge on any atom is 0.306 e. The summed E-state index contributed by atoms with van der Waals surface area (Å²) >= 11 is 0. The monoisotopic (exact) mass is 263 g/mol. The van der Waals surface area contributed by atoms with E-state index in [1.807, 2.05) is 6.92 Å². The van der Waals surface area contributed by atoms with E-state index in [1.54, 1.807) is 0 Å². The molecule has 0 saturated carbocycles. The van der Waals surface area contributed by atoms with Crippen LogP contribution in [0.1, 0.15) is 32.6 Å². The Balaban J connectivity index is 2.97. The van der Waals surface area contributed by atoms with Gasteiger partial charge in [0.05, 0.1) is 25.0 Å². The zero-order valence-corrected chi connectivity index (χ0v) is 11.3. The molecule has 0 aromatic heterocycles. The van der Waals surface area contributed by atoms with E-state index in [-0.39, 0.29) is 29.9 Å². The van der Waals surface area contributed by atoms with Gasteiger partial charge in [-0.3, -0.25) is 4.79 Å². The highest BCUT2D eigenvalue weighted by molar-refractivity contribution is 7.91. The second-order valence-corrected chi connectivity index (χ2v) is 7.01. The average Bonchev–Trinajstić information content (AvgIpc) is 2.26. The molecular weight excluding hydrogens is 242 g/mol. The van der Waals surface area contributed by atoms with Crippen LogP contribution in [0.4, 0.5) is 0 Å². The topological polar surface area (TPSA) is 86.5 Å². The summed E-state index contributed by atoms with van der Waals surface area (Å²) in [6.07, 6.45) is 2.01. The highest BCUT2D eigenvalue weighted by Gasteiger charge is 2.44. The summed E-state index contributed by atoms with van der Waals surface area (Å²) in [5.74, 6) is -0.179. The third kappa shape index (κ3) is 3.42. The third-order valence-electron chi connectivity index (χ3n) is 3.59. The van der Waals surface area contributed by atoms with E-state index < -0.39 is 15.3 Å². The Morgan fingerprint density at radius 3 is 2.65 bits per heavy atom. The second-order valence-electron chi connectivity index (χ2n) is 4.83. The van der Waals surface area contributed by atoms with Crippen LogP contribution in [0.3, 0.4) is 0 Å². The minimum Gasteiger partial charge on any atom is -0.469 e. The van der Waals surface area contributed by atoms with Crippen molar-refractivity contribution in [3.8, 4) is 0 Å². The Morgan fingerprint density at radius 1 is 1.53 bits per heavy atom. The lowest BCUT2D eigenvalue weighted by atomic mass is 9.74. The largest absolute Gasteiger partial charge is 0.469 e. The summed E-state index contributed by atoms with van der Waals surface area (Å²) < 4.78 is 28.1. The number of ether oxygens (including phenoxy) is 1. The van der Waals surface area contributed by atoms with E-state index >= 15 is 0 Å². The molecule has 0 spiro atoms. The van der Waals surface area contributed by atoms with Gasteiger partial charge in [0.2, 0.25) is 0 Å². The first kappa shape index (κ1) is 14.4. The highest BCUT2D eigenvalue weighted by atomic mass is 32.2. The van der Waals surface area contributed by atoms with Gasteiger partial charge in [-0.1, -0.05) is 6.92 Å². The summed E-state index contributed by atoms with van der Waals surface area (Å²) in [5, 5.41) is 0. The Kier molecular flexibility index (Phi) is 4.55. The number of sulfone groups is 1. The van der Waals surface area contributed by atoms with Crippen molar-refractivity contribution in [3.05, 3.63) is 0 Å². The van der Waals surface area contributed by atoms with Crippen LogP contribution in [0.15, 0.2) is 0 Å². The van der Waals surface area contributed by atoms with Crippen molar-refractivity contribution in [2.24, 2.45) is 11.1 Å². The van der Waals surface area contributed by atoms with Crippen LogP contribution in [0.5, 0.6) is 0 Å². The first-order valence-electron chi connectivity index (χ1n) is 5.88. The van der Waals surface area contributed by atoms with Crippen molar-refractivity contribution in [1.82, 2.24) is 0 Å². The molecule has 0 bridgehead atoms. The van der Waals surface area contributed by atoms with Crippen LogP contribution >= 0.6 is 0 Å². The summed E-state index contributed by atoms with van der Waals surface area (Å²) in [6.45, 7) is 1.91. The van der Waals surface area contributed by atoms with Crippen LogP contribution < -0.4 is 5.73 Å². The molecule has 5 nitrogen and oxygen atoms in total. The van der Waals surface area contributed by atoms with Crippen LogP contribution in [-0.2, 0) is 19.4 Å². The number of nitrogens with two attached hydrogens (primary N) is 1. The van der Waals surface area contributed by atoms with Gasteiger partial charge in [-0.05, 0) is 19.3 Å². The van der Waals surface area contributed by atoms with Crippen LogP contribution in [0.2, 0.25) is 0 Å². The SMILES string of the molecule is CCC(N)C1(CC(=O)OC)CCCS(=O)(=O)C1. The lowest BCUT2D eigenvalue weighted by Gasteiger charge is -2.40. The number of esters is 1. The molecule has 2 atom stereocenters. The molecule has 1 rings (SSSR count). The fraction of sp³-hybridized carbons (Fsp3) is 0.909. The van der Waals surface area contributed by atoms with E-state index in [0.29, 0.717) is 19.3 Å². The number of rotatable bonds is 4. The number of methoxy groups -OCH3 is 1. The minimum atomic E-state index is -3.09. The summed E-state index contributed by atoms with van der Waals surface area (Å²) in [4.78, 5) is 11.4. The zero-order chi connectivity index (χ0) is 13.1. The van der Waals surface area contributed by atoms with Gasteiger partial charge in [0.1, 0.15) is 0 Å². The number of carbonyl (C=O) groups is 1. The van der Waals surface area contributed by atoms with E-state index in [9.17, 15) is 13.2 Å². The fourth-order valence-electron chi connectivity index (χ4n) is 2.58. The molecule has 2 unspecified atom stereocenters. The predicted octanol–water partition coefficient (Wildman–Crippen LogP) is 0.482. The number of hydrogen-bond donors (Lipinski definition) is 1. The lowest BCUT2D eigenvalue weighted by Crippen LogP contribution is -2.50. The Hall–Kier alpha value is -0.620. The van der Waals surface area contributed by atoms with Gasteiger partial charge in [-0.15, -0.1) is 0 Å². The maximum absolute atomic E-state index is 11.7. The molecule has 1 heterocycles. The first-order valence-corrected chi connectivity index (χ1v) is 7.70. The summed E-state index contributed by atoms with van der Waals surface area (Å²) in [6, 6.07) is -0.281. The molecule has 6 heteroatoms. The summed E-state index contributed by atoms with van der Waals surface area (Å²) in [7, 11) is -1.78. The van der Waals surface area contributed by atoms with Crippen molar-refractivity contribution in [2.75, 3.05) is 18.6 Å². The summed E-state index contributed by atoms with van der Waals surface area (Å²) in [5.41, 5.74) is 5.39. The van der Waals surface area contributed by atoms with Crippen LogP contribution in [-0.4, -0.2) is 39.0 Å². The fourth-order valence-corrected chi connectivity index (χ4v) is 4.65. The minimum absolute atomic E-state index is 0.00407. The smallest absolute Gasteiger partial charge is 0.306 e. The van der Waals surface area contributed by atoms with E-state index in [2.05, 4.69) is 4.74 Å². The second kappa shape index (κ2) is 5.35. The molecule has 1 saturated heterocycles. The van der Waals surface area contributed by atoms with Gasteiger partial charge in [-0.2, -0.15) is 0 Å². The average molecular weight is 263 g/mol. The Bertz CT molecular complexity index is 379. The van der Waals surface area contributed by atoms with Gasteiger partial charge >= 0.3 is 5.97 Å². The highest BCUT2D eigenvalue weighted by Crippen LogP contribution is 2.38. The lowest BCUT2D eigenvalue weighted by molar-refractivity contribution is -0.143. The van der Waals surface area contributed by atoms with Crippen LogP contribution in [0.25, 0.3) is 0 Å². The van der Waals surface area contributed by atoms with E-state index in [1.165, 1.54) is 7.11 Å². The van der Waals surface area contributed by atoms with Crippen molar-refractivity contribution in [1.29, 1.82) is 0 Å². The molecule has 1 aliphatic rings. The van der Waals surface area contributed by atoms with Gasteiger partial charge in [0.15, 0.2) is 9.84 Å². The quantitative estimate of drug-likeness (QED) is 0.746. The molecular formula is C11H21NO4S. The molecule has 1 aliphatic heterocycles. The normalized spacial score (nSPS) is 29.6. The molecule has 2 N–H and O–H groups in total. The standard InChI is InChI=1S/C11H21NO4S/c1-3-9(12)11(7-10(13)16-2)5-4-6-17(14,15)8-11/h9H,3-8,12H2,1-2H3. The molecule has 0 aliphatic carbocycles. The Labute approximate surface area is 103 Å². The number of hydrogen-bond acceptors (Lipinski definition) is 5. The molecule has 0 amide bonds. The van der Waals surface area contributed by atoms with Gasteiger partial charge < -0.3 is 10.5 Å². The van der Waals surface area contributed by atoms with Gasteiger partial charge in [0.25, 0.3) is 0 Å². The van der Waals surface area contributed by atoms with Gasteiger partial charge in [0, 0.05) is 11.5 Å². The molecule has 0 aromatic carbocycles. The number of carbonyl (C=O) groups excluding carboxylic acids is 1. The first-order chi connectivity index (χ1) is 7.85. The van der Waals surface area contributed by atoms with Gasteiger partial charge in [-0.25, -0.2) is 8.42 Å². The van der Waals surface area contributed by atoms with E-state index in [4.69, 9.17) is 5.73 Å². The molecule has 17 heavy (non-hydrogen) atoms. The Morgan fingerprint density at radius 2 is 2.18 bits per heavy atom. The molecule has 1 fully saturated rings. The van der Waals surface area contributed by atoms with Crippen molar-refractivity contribution >= 4 is 15.8 Å². The van der Waals surface area contributed by atoms with Crippen molar-refractivity contribution in [3.63, 3.8) is 0 Å². The van der Waals surface area contributed by atoms with Crippen molar-refractivity contribution < 1.29 is 17.9 Å². The third-order valence-corrected chi connectivity index (χ3v) is 5.51. The predicted molar refractivity (Wildman–Crippen MR) is 65.2 cm³/mol. The molecule has 100 valence electrons. The van der Waals surface area contributed by atoms with E-state index in [0.717, 1.165) is 0 Å².